The lowest BCUT2D eigenvalue weighted by molar-refractivity contribution is -0.662. The Morgan fingerprint density at radius 2 is 1.77 bits per heavy atom. The Hall–Kier alpha value is -1.86. The summed E-state index contributed by atoms with van der Waals surface area (Å²) in [6, 6.07) is 18.9. The smallest absolute Gasteiger partial charge is 0.289 e. The molecule has 0 amide bonds. The molecule has 2 aromatic carbocycles. The highest BCUT2D eigenvalue weighted by Gasteiger charge is 2.26. The second-order valence-corrected chi connectivity index (χ2v) is 7.58. The zero-order valence-corrected chi connectivity index (χ0v) is 15.6. The number of aromatic nitrogens is 2. The van der Waals surface area contributed by atoms with Gasteiger partial charge in [0.15, 0.2) is 11.0 Å². The lowest BCUT2D eigenvalue weighted by atomic mass is 10.2. The van der Waals surface area contributed by atoms with Crippen LogP contribution >= 0.6 is 11.8 Å². The van der Waals surface area contributed by atoms with E-state index >= 15 is 0 Å². The van der Waals surface area contributed by atoms with Crippen molar-refractivity contribution in [3.8, 4) is 11.4 Å². The molecule has 0 atom stereocenters. The molecule has 0 aliphatic carbocycles. The number of rotatable bonds is 7. The molecule has 1 saturated heterocycles. The summed E-state index contributed by atoms with van der Waals surface area (Å²) in [6.07, 6.45) is 0. The minimum atomic E-state index is 0.128. The fourth-order valence-corrected chi connectivity index (χ4v) is 4.60. The number of thioether (sulfide) groups is 1. The molecule has 3 N–H and O–H groups in total. The summed E-state index contributed by atoms with van der Waals surface area (Å²) in [7, 11) is 0. The van der Waals surface area contributed by atoms with Crippen molar-refractivity contribution in [2.75, 3.05) is 25.4 Å². The first-order chi connectivity index (χ1) is 12.9. The van der Waals surface area contributed by atoms with E-state index in [0.717, 1.165) is 31.2 Å². The first kappa shape index (κ1) is 17.5. The number of aliphatic hydroxyl groups excluding tert-OH is 1. The third-order valence-electron chi connectivity index (χ3n) is 4.71. The van der Waals surface area contributed by atoms with Crippen molar-refractivity contribution in [1.29, 1.82) is 0 Å². The van der Waals surface area contributed by atoms with Crippen LogP contribution in [0.1, 0.15) is 0 Å². The van der Waals surface area contributed by atoms with Gasteiger partial charge >= 0.3 is 0 Å². The Kier molecular flexibility index (Phi) is 5.55. The highest BCUT2D eigenvalue weighted by atomic mass is 32.2. The number of para-hydroxylation sites is 2. The highest BCUT2D eigenvalue weighted by molar-refractivity contribution is 7.99. The number of hydrogen-bond donors (Lipinski definition) is 3. The standard InChI is InChI=1S/C20H25N4OS/c25-14-12-23-17-8-4-5-9-18(17)24(13-15-26-20-21-10-11-22-20)19(23)16-6-2-1-3-7-16/h1-9,20-22,25H,10-15H2/q+1. The zero-order chi connectivity index (χ0) is 17.8. The van der Waals surface area contributed by atoms with Crippen LogP contribution in [0, 0.1) is 0 Å². The van der Waals surface area contributed by atoms with Gasteiger partial charge in [0.25, 0.3) is 5.82 Å². The maximum atomic E-state index is 9.63. The first-order valence-electron chi connectivity index (χ1n) is 9.14. The van der Waals surface area contributed by atoms with Crippen LogP contribution in [0.25, 0.3) is 22.4 Å². The van der Waals surface area contributed by atoms with Gasteiger partial charge in [0.05, 0.1) is 12.2 Å². The summed E-state index contributed by atoms with van der Waals surface area (Å²) < 4.78 is 4.63. The predicted molar refractivity (Wildman–Crippen MR) is 107 cm³/mol. The maximum absolute atomic E-state index is 9.63. The van der Waals surface area contributed by atoms with Crippen LogP contribution in [0.4, 0.5) is 0 Å². The van der Waals surface area contributed by atoms with Gasteiger partial charge < -0.3 is 5.11 Å². The summed E-state index contributed by atoms with van der Waals surface area (Å²) in [6.45, 7) is 3.72. The molecule has 0 bridgehead atoms. The van der Waals surface area contributed by atoms with Gasteiger partial charge in [-0.2, -0.15) is 0 Å². The quantitative estimate of drug-likeness (QED) is 0.556. The van der Waals surface area contributed by atoms with Gasteiger partial charge in [0.2, 0.25) is 0 Å². The molecule has 1 aliphatic heterocycles. The Balaban J connectivity index is 1.73. The van der Waals surface area contributed by atoms with E-state index in [0.29, 0.717) is 12.0 Å². The third-order valence-corrected chi connectivity index (χ3v) is 5.80. The van der Waals surface area contributed by atoms with E-state index in [9.17, 15) is 5.11 Å². The normalized spacial score (nSPS) is 15.1. The molecule has 0 unspecified atom stereocenters. The van der Waals surface area contributed by atoms with Crippen LogP contribution in [-0.2, 0) is 13.1 Å². The number of aliphatic hydroxyl groups is 1. The zero-order valence-electron chi connectivity index (χ0n) is 14.8. The number of imidazole rings is 1. The van der Waals surface area contributed by atoms with Crippen LogP contribution in [0.2, 0.25) is 0 Å². The number of nitrogens with zero attached hydrogens (tertiary/aromatic N) is 2. The Labute approximate surface area is 158 Å². The van der Waals surface area contributed by atoms with E-state index < -0.39 is 0 Å². The molecule has 1 fully saturated rings. The molecule has 6 heteroatoms. The molecular formula is C20H25N4OS+. The summed E-state index contributed by atoms with van der Waals surface area (Å²) >= 11 is 1.91. The van der Waals surface area contributed by atoms with Crippen LogP contribution < -0.4 is 15.2 Å². The minimum absolute atomic E-state index is 0.128. The van der Waals surface area contributed by atoms with Crippen LogP contribution in [0.3, 0.4) is 0 Å². The maximum Gasteiger partial charge on any atom is 0.289 e. The Morgan fingerprint density at radius 3 is 2.54 bits per heavy atom. The van der Waals surface area contributed by atoms with Crippen molar-refractivity contribution in [1.82, 2.24) is 15.2 Å². The molecule has 4 rings (SSSR count). The number of nitrogens with one attached hydrogen (secondary N) is 2. The fraction of sp³-hybridized carbons (Fsp3) is 0.350. The monoisotopic (exact) mass is 369 g/mol. The molecule has 136 valence electrons. The van der Waals surface area contributed by atoms with Gasteiger partial charge in [-0.3, -0.25) is 10.6 Å². The number of benzene rings is 2. The van der Waals surface area contributed by atoms with Gasteiger partial charge in [-0.15, -0.1) is 11.8 Å². The molecule has 5 nitrogen and oxygen atoms in total. The van der Waals surface area contributed by atoms with Crippen LogP contribution in [0.15, 0.2) is 54.6 Å². The van der Waals surface area contributed by atoms with E-state index in [1.807, 2.05) is 17.8 Å². The fourth-order valence-electron chi connectivity index (χ4n) is 3.60. The average Bonchev–Trinajstić information content (AvgIpc) is 3.30. The summed E-state index contributed by atoms with van der Waals surface area (Å²) in [5.74, 6) is 2.18. The molecule has 26 heavy (non-hydrogen) atoms. The lowest BCUT2D eigenvalue weighted by Gasteiger charge is -2.10. The topological polar surface area (TPSA) is 53.1 Å². The van der Waals surface area contributed by atoms with Crippen molar-refractivity contribution < 1.29 is 9.67 Å². The number of aryl methyl sites for hydroxylation is 1. The molecule has 1 aromatic heterocycles. The van der Waals surface area contributed by atoms with Gasteiger partial charge in [-0.1, -0.05) is 30.3 Å². The van der Waals surface area contributed by atoms with Gasteiger partial charge in [0, 0.05) is 18.8 Å². The van der Waals surface area contributed by atoms with Crippen LogP contribution in [-0.4, -0.2) is 40.6 Å². The molecule has 2 heterocycles. The van der Waals surface area contributed by atoms with Gasteiger partial charge in [0.1, 0.15) is 18.6 Å². The van der Waals surface area contributed by atoms with E-state index in [4.69, 9.17) is 0 Å². The number of hydrogen-bond acceptors (Lipinski definition) is 4. The molecule has 1 aliphatic rings. The molecule has 0 radical (unpaired) electrons. The molecule has 0 spiro atoms. The molecule has 3 aromatic rings. The second kappa shape index (κ2) is 8.22. The van der Waals surface area contributed by atoms with Crippen molar-refractivity contribution in [3.63, 3.8) is 0 Å². The van der Waals surface area contributed by atoms with E-state index in [-0.39, 0.29) is 6.61 Å². The van der Waals surface area contributed by atoms with Crippen molar-refractivity contribution in [3.05, 3.63) is 54.6 Å². The largest absolute Gasteiger partial charge is 0.392 e. The third kappa shape index (κ3) is 3.50. The second-order valence-electron chi connectivity index (χ2n) is 6.36. The van der Waals surface area contributed by atoms with E-state index in [2.05, 4.69) is 68.3 Å². The first-order valence-corrected chi connectivity index (χ1v) is 10.2. The Morgan fingerprint density at radius 1 is 1.04 bits per heavy atom. The highest BCUT2D eigenvalue weighted by Crippen LogP contribution is 2.24. The van der Waals surface area contributed by atoms with Gasteiger partial charge in [-0.05, 0) is 24.3 Å². The predicted octanol–water partition coefficient (Wildman–Crippen LogP) is 1.80. The summed E-state index contributed by atoms with van der Waals surface area (Å²) in [4.78, 5) is 0. The summed E-state index contributed by atoms with van der Waals surface area (Å²) in [5.41, 5.74) is 3.91. The van der Waals surface area contributed by atoms with Gasteiger partial charge in [-0.25, -0.2) is 9.13 Å². The summed E-state index contributed by atoms with van der Waals surface area (Å²) in [5, 5.41) is 16.5. The minimum Gasteiger partial charge on any atom is -0.392 e. The average molecular weight is 370 g/mol. The van der Waals surface area contributed by atoms with Crippen molar-refractivity contribution in [2.45, 2.75) is 18.6 Å². The van der Waals surface area contributed by atoms with Crippen molar-refractivity contribution >= 4 is 22.8 Å². The molecular weight excluding hydrogens is 344 g/mol. The molecule has 0 saturated carbocycles. The van der Waals surface area contributed by atoms with Crippen LogP contribution in [0.5, 0.6) is 0 Å². The van der Waals surface area contributed by atoms with E-state index in [1.54, 1.807) is 0 Å². The Bertz CT molecular complexity index is 859. The lowest BCUT2D eigenvalue weighted by Crippen LogP contribution is -2.37. The van der Waals surface area contributed by atoms with Crippen molar-refractivity contribution in [2.24, 2.45) is 0 Å². The van der Waals surface area contributed by atoms with E-state index in [1.165, 1.54) is 16.6 Å². The number of fused-ring (bicyclic) bond motifs is 1. The SMILES string of the molecule is OCC[n+]1c(-c2ccccc2)n(CCSC2NCCN2)c2ccccc21.